The first-order valence-electron chi connectivity index (χ1n) is 18.0. The summed E-state index contributed by atoms with van der Waals surface area (Å²) in [4.78, 5) is 66.4. The van der Waals surface area contributed by atoms with Gasteiger partial charge in [-0.05, 0) is 83.3 Å². The highest BCUT2D eigenvalue weighted by molar-refractivity contribution is 6.17. The maximum Gasteiger partial charge on any atom is 0.340 e. The predicted molar refractivity (Wildman–Crippen MR) is 213 cm³/mol. The van der Waals surface area contributed by atoms with E-state index in [1.54, 1.807) is 42.5 Å². The van der Waals surface area contributed by atoms with Crippen molar-refractivity contribution in [3.05, 3.63) is 125 Å². The molecule has 2 N–H and O–H groups in total. The summed E-state index contributed by atoms with van der Waals surface area (Å²) in [6.07, 6.45) is 0.870. The van der Waals surface area contributed by atoms with E-state index in [1.807, 2.05) is 32.0 Å². The number of azo groups is 1. The molecule has 0 aromatic heterocycles. The van der Waals surface area contributed by atoms with E-state index in [0.717, 1.165) is 6.42 Å². The number of methoxy groups -OCH3 is 2. The Morgan fingerprint density at radius 1 is 0.655 bits per heavy atom. The van der Waals surface area contributed by atoms with Crippen molar-refractivity contribution < 1.29 is 33.4 Å². The number of carbonyl (C=O) groups is 5. The lowest BCUT2D eigenvalue weighted by molar-refractivity contribution is -0.131. The van der Waals surface area contributed by atoms with Crippen molar-refractivity contribution in [2.24, 2.45) is 26.5 Å². The van der Waals surface area contributed by atoms with Crippen molar-refractivity contribution >= 4 is 46.6 Å². The van der Waals surface area contributed by atoms with Crippen LogP contribution in [0.25, 0.3) is 0 Å². The lowest BCUT2D eigenvalue weighted by atomic mass is 9.56. The first-order valence-corrected chi connectivity index (χ1v) is 18.0. The molecule has 0 spiro atoms. The number of para-hydroxylation sites is 1. The first-order chi connectivity index (χ1) is 25.9. The molecule has 2 amide bonds. The second-order valence-electron chi connectivity index (χ2n) is 15.7. The molecular formula is C44H50N4O7. The number of nitrogens with zero attached hydrogens (tertiary/aromatic N) is 2. The number of nitrogens with one attached hydrogen (secondary N) is 2. The molecule has 11 nitrogen and oxygen atoms in total. The van der Waals surface area contributed by atoms with Crippen molar-refractivity contribution in [1.82, 2.24) is 0 Å². The van der Waals surface area contributed by atoms with Gasteiger partial charge in [0.05, 0.1) is 25.3 Å². The maximum absolute atomic E-state index is 14.1. The first kappa shape index (κ1) is 41.8. The summed E-state index contributed by atoms with van der Waals surface area (Å²) in [5.74, 6) is -3.05. The van der Waals surface area contributed by atoms with Crippen LogP contribution in [0.15, 0.2) is 113 Å². The highest BCUT2D eigenvalue weighted by Gasteiger charge is 2.49. The third-order valence-corrected chi connectivity index (χ3v) is 10.1. The van der Waals surface area contributed by atoms with Gasteiger partial charge in [0.2, 0.25) is 11.9 Å². The topological polar surface area (TPSA) is 153 Å². The number of ketones is 1. The van der Waals surface area contributed by atoms with E-state index >= 15 is 0 Å². The van der Waals surface area contributed by atoms with Gasteiger partial charge in [0, 0.05) is 22.4 Å². The van der Waals surface area contributed by atoms with Crippen molar-refractivity contribution in [3.63, 3.8) is 0 Å². The Morgan fingerprint density at radius 3 is 1.76 bits per heavy atom. The fourth-order valence-corrected chi connectivity index (χ4v) is 6.20. The van der Waals surface area contributed by atoms with Gasteiger partial charge in [0.1, 0.15) is 5.69 Å². The van der Waals surface area contributed by atoms with Crippen molar-refractivity contribution in [2.75, 3.05) is 24.9 Å². The molecule has 0 radical (unpaired) electrons. The van der Waals surface area contributed by atoms with E-state index in [2.05, 4.69) is 67.6 Å². The molecule has 0 saturated heterocycles. The third-order valence-electron chi connectivity index (χ3n) is 10.1. The molecule has 0 heterocycles. The molecule has 4 aromatic carbocycles. The van der Waals surface area contributed by atoms with E-state index in [4.69, 9.17) is 9.47 Å². The molecule has 2 unspecified atom stereocenters. The van der Waals surface area contributed by atoms with Gasteiger partial charge in [-0.2, -0.15) is 10.2 Å². The van der Waals surface area contributed by atoms with Crippen LogP contribution >= 0.6 is 0 Å². The number of anilines is 2. The minimum Gasteiger partial charge on any atom is -0.465 e. The van der Waals surface area contributed by atoms with E-state index in [-0.39, 0.29) is 39.6 Å². The van der Waals surface area contributed by atoms with Gasteiger partial charge >= 0.3 is 11.9 Å². The van der Waals surface area contributed by atoms with Crippen LogP contribution in [0.4, 0.5) is 17.1 Å². The predicted octanol–water partition coefficient (Wildman–Crippen LogP) is 9.44. The quantitative estimate of drug-likeness (QED) is 0.0564. The Morgan fingerprint density at radius 2 is 1.20 bits per heavy atom. The Bertz CT molecular complexity index is 2030. The number of hydrogen-bond acceptors (Lipinski definition) is 9. The normalized spacial score (nSPS) is 13.0. The molecule has 0 aliphatic heterocycles. The summed E-state index contributed by atoms with van der Waals surface area (Å²) >= 11 is 0. The summed E-state index contributed by atoms with van der Waals surface area (Å²) in [7, 11) is 2.38. The fraction of sp³-hybridized carbons (Fsp3) is 0.341. The molecule has 0 bridgehead atoms. The number of benzene rings is 4. The number of Topliss-reactive ketones (excluding diaryl/α,β-unsaturated/α-hetero) is 1. The summed E-state index contributed by atoms with van der Waals surface area (Å²) in [5, 5.41) is 13.9. The van der Waals surface area contributed by atoms with Crippen LogP contribution in [0.5, 0.6) is 0 Å². The Balaban J connectivity index is 1.63. The van der Waals surface area contributed by atoms with E-state index in [0.29, 0.717) is 11.4 Å². The lowest BCUT2D eigenvalue weighted by Gasteiger charge is -2.48. The van der Waals surface area contributed by atoms with Gasteiger partial charge in [-0.25, -0.2) is 9.59 Å². The summed E-state index contributed by atoms with van der Waals surface area (Å²) < 4.78 is 9.64. The summed E-state index contributed by atoms with van der Waals surface area (Å²) in [6.45, 7) is 14.8. The van der Waals surface area contributed by atoms with Crippen molar-refractivity contribution in [2.45, 2.75) is 66.8 Å². The zero-order valence-corrected chi connectivity index (χ0v) is 32.9. The zero-order chi connectivity index (χ0) is 40.6. The largest absolute Gasteiger partial charge is 0.465 e. The third kappa shape index (κ3) is 10.2. The molecule has 0 fully saturated rings. The average molecular weight is 747 g/mol. The minimum absolute atomic E-state index is 0.0128. The SMILES string of the molecule is COC(=O)c1ccc(C(=O)OC)c(N=NC(C(=O)Nc2ccccc2)C(=O)c2ccc(NC(=O)C(C)(C)C(C)(C)C(CC(C)(C)C)c3ccccc3)cc2)c1. The molecular weight excluding hydrogens is 697 g/mol. The Hall–Kier alpha value is -5.97. The van der Waals surface area contributed by atoms with Crippen molar-refractivity contribution in [1.29, 1.82) is 0 Å². The number of amides is 2. The number of carbonyl (C=O) groups excluding carboxylic acids is 5. The number of ether oxygens (including phenoxy) is 2. The lowest BCUT2D eigenvalue weighted by Crippen LogP contribution is -2.47. The Labute approximate surface area is 322 Å². The van der Waals surface area contributed by atoms with Crippen LogP contribution in [0.1, 0.15) is 97.4 Å². The van der Waals surface area contributed by atoms with Gasteiger partial charge in [-0.3, -0.25) is 14.4 Å². The monoisotopic (exact) mass is 746 g/mol. The number of esters is 2. The van der Waals surface area contributed by atoms with Gasteiger partial charge < -0.3 is 20.1 Å². The van der Waals surface area contributed by atoms with Gasteiger partial charge in [0.25, 0.3) is 5.91 Å². The standard InChI is InChI=1S/C44H50N4O7/c1-42(2,3)27-34(28-16-12-10-13-17-28)43(4,5)44(6,7)41(53)46-32-23-20-29(21-24-32)37(49)36(38(50)45-31-18-14-11-15-19-31)48-47-35-26-30(39(51)54-8)22-25-33(35)40(52)55-9/h10-26,34,36H,27H2,1-9H3,(H,45,50)(H,46,53). The van der Waals surface area contributed by atoms with Crippen LogP contribution in [0, 0.1) is 16.2 Å². The fourth-order valence-electron chi connectivity index (χ4n) is 6.20. The van der Waals surface area contributed by atoms with Crippen LogP contribution in [0.3, 0.4) is 0 Å². The van der Waals surface area contributed by atoms with E-state index < -0.39 is 40.5 Å². The van der Waals surface area contributed by atoms with Crippen molar-refractivity contribution in [3.8, 4) is 0 Å². The second-order valence-corrected chi connectivity index (χ2v) is 15.7. The van der Waals surface area contributed by atoms with Crippen LogP contribution in [-0.4, -0.2) is 49.8 Å². The molecule has 0 aliphatic carbocycles. The second kappa shape index (κ2) is 17.4. The molecule has 55 heavy (non-hydrogen) atoms. The smallest absolute Gasteiger partial charge is 0.340 e. The molecule has 288 valence electrons. The van der Waals surface area contributed by atoms with Crippen LogP contribution in [-0.2, 0) is 19.1 Å². The van der Waals surface area contributed by atoms with E-state index in [1.165, 1.54) is 50.1 Å². The summed E-state index contributed by atoms with van der Waals surface area (Å²) in [6, 6.07) is 27.2. The minimum atomic E-state index is -1.70. The molecule has 0 aliphatic rings. The molecule has 4 rings (SSSR count). The molecule has 2 atom stereocenters. The number of rotatable bonds is 14. The van der Waals surface area contributed by atoms with Gasteiger partial charge in [-0.15, -0.1) is 0 Å². The maximum atomic E-state index is 14.1. The zero-order valence-electron chi connectivity index (χ0n) is 32.9. The van der Waals surface area contributed by atoms with Gasteiger partial charge in [-0.1, -0.05) is 97.0 Å². The summed E-state index contributed by atoms with van der Waals surface area (Å²) in [5.41, 5.74) is 0.791. The number of hydrogen-bond donors (Lipinski definition) is 2. The molecule has 4 aromatic rings. The van der Waals surface area contributed by atoms with E-state index in [9.17, 15) is 24.0 Å². The average Bonchev–Trinajstić information content (AvgIpc) is 3.16. The molecule has 11 heteroatoms. The van der Waals surface area contributed by atoms with Crippen LogP contribution in [0.2, 0.25) is 0 Å². The van der Waals surface area contributed by atoms with Gasteiger partial charge in [0.15, 0.2) is 5.78 Å². The Kier molecular flexibility index (Phi) is 13.3. The molecule has 0 saturated carbocycles. The highest BCUT2D eigenvalue weighted by Crippen LogP contribution is 2.53. The highest BCUT2D eigenvalue weighted by atomic mass is 16.5. The van der Waals surface area contributed by atoms with Crippen LogP contribution < -0.4 is 10.6 Å².